The number of carbonyl (C=O) groups excluding carboxylic acids is 2. The zero-order valence-electron chi connectivity index (χ0n) is 22.8. The van der Waals surface area contributed by atoms with E-state index < -0.39 is 23.9 Å². The van der Waals surface area contributed by atoms with Gasteiger partial charge in [-0.2, -0.15) is 0 Å². The molecule has 3 N–H and O–H groups in total. The van der Waals surface area contributed by atoms with Crippen molar-refractivity contribution in [3.05, 3.63) is 45.5 Å². The van der Waals surface area contributed by atoms with Crippen molar-refractivity contribution in [2.24, 2.45) is 17.8 Å². The number of phenols is 1. The Hall–Kier alpha value is -2.44. The molecule has 4 atom stereocenters. The van der Waals surface area contributed by atoms with Crippen LogP contribution in [-0.2, 0) is 9.59 Å². The number of carbonyl (C=O) groups is 2. The maximum absolute atomic E-state index is 13.6. The Morgan fingerprint density at radius 3 is 2.32 bits per heavy atom. The fourth-order valence-electron chi connectivity index (χ4n) is 6.98. The maximum atomic E-state index is 13.6. The van der Waals surface area contributed by atoms with E-state index in [1.165, 1.54) is 10.5 Å². The predicted molar refractivity (Wildman–Crippen MR) is 145 cm³/mol. The van der Waals surface area contributed by atoms with Crippen molar-refractivity contribution in [3.63, 3.8) is 0 Å². The van der Waals surface area contributed by atoms with Crippen LogP contribution in [0, 0.1) is 31.6 Å². The van der Waals surface area contributed by atoms with Crippen LogP contribution in [0.4, 0.5) is 0 Å². The van der Waals surface area contributed by atoms with Gasteiger partial charge in [0.25, 0.3) is 0 Å². The number of likely N-dealkylation sites (tertiary alicyclic amines) is 1. The SMILES string of the molecule is CC/C(=C\c1cc(C)c(O)c(C)c1)CC[C@@H](O)C1=C(C)C[C@H]2C(=O)N(C3CCCCC3)C(=O)[C@H]2[C@H]1CO. The normalized spacial score (nSPS) is 26.2. The van der Waals surface area contributed by atoms with Gasteiger partial charge in [-0.05, 0) is 93.7 Å². The van der Waals surface area contributed by atoms with Gasteiger partial charge in [0.05, 0.1) is 24.5 Å². The second-order valence-electron chi connectivity index (χ2n) is 11.4. The molecule has 0 unspecified atom stereocenters. The van der Waals surface area contributed by atoms with Crippen LogP contribution in [0.5, 0.6) is 5.75 Å². The highest BCUT2D eigenvalue weighted by atomic mass is 16.3. The summed E-state index contributed by atoms with van der Waals surface area (Å²) in [5, 5.41) is 31.8. The summed E-state index contributed by atoms with van der Waals surface area (Å²) in [6.45, 7) is 7.56. The van der Waals surface area contributed by atoms with E-state index in [0.29, 0.717) is 25.0 Å². The van der Waals surface area contributed by atoms with E-state index in [1.54, 1.807) is 0 Å². The second kappa shape index (κ2) is 11.5. The molecule has 1 aromatic rings. The highest BCUT2D eigenvalue weighted by molar-refractivity contribution is 6.06. The number of fused-ring (bicyclic) bond motifs is 1. The highest BCUT2D eigenvalue weighted by Gasteiger charge is 2.55. The molecule has 0 bridgehead atoms. The molecule has 6 nitrogen and oxygen atoms in total. The molecular weight excluding hydrogens is 466 g/mol. The van der Waals surface area contributed by atoms with Gasteiger partial charge in [-0.15, -0.1) is 0 Å². The Kier molecular flexibility index (Phi) is 8.59. The first-order chi connectivity index (χ1) is 17.7. The molecule has 1 saturated carbocycles. The predicted octanol–water partition coefficient (Wildman–Crippen LogP) is 5.21. The van der Waals surface area contributed by atoms with E-state index in [-0.39, 0.29) is 24.5 Å². The number of aryl methyl sites for hydroxylation is 2. The van der Waals surface area contributed by atoms with Crippen LogP contribution in [0.3, 0.4) is 0 Å². The lowest BCUT2D eigenvalue weighted by atomic mass is 9.68. The smallest absolute Gasteiger partial charge is 0.234 e. The molecule has 6 heteroatoms. The maximum Gasteiger partial charge on any atom is 0.234 e. The molecular formula is C31H43NO5. The summed E-state index contributed by atoms with van der Waals surface area (Å²) in [6, 6.07) is 3.91. The molecule has 2 aliphatic carbocycles. The quantitative estimate of drug-likeness (QED) is 0.330. The third kappa shape index (κ3) is 5.42. The van der Waals surface area contributed by atoms with Crippen molar-refractivity contribution >= 4 is 17.9 Å². The van der Waals surface area contributed by atoms with Crippen molar-refractivity contribution < 1.29 is 24.9 Å². The Labute approximate surface area is 221 Å². The molecule has 2 fully saturated rings. The molecule has 0 spiro atoms. The summed E-state index contributed by atoms with van der Waals surface area (Å²) in [4.78, 5) is 28.4. The number of imide groups is 1. The summed E-state index contributed by atoms with van der Waals surface area (Å²) in [5.41, 5.74) is 5.58. The van der Waals surface area contributed by atoms with Gasteiger partial charge >= 0.3 is 0 Å². The van der Waals surface area contributed by atoms with Gasteiger partial charge < -0.3 is 15.3 Å². The van der Waals surface area contributed by atoms with Gasteiger partial charge in [-0.25, -0.2) is 0 Å². The monoisotopic (exact) mass is 509 g/mol. The van der Waals surface area contributed by atoms with Crippen LogP contribution in [0.25, 0.3) is 6.08 Å². The van der Waals surface area contributed by atoms with Gasteiger partial charge in [0.15, 0.2) is 0 Å². The number of amides is 2. The first-order valence-electron chi connectivity index (χ1n) is 14.0. The van der Waals surface area contributed by atoms with E-state index in [4.69, 9.17) is 0 Å². The lowest BCUT2D eigenvalue weighted by Crippen LogP contribution is -2.42. The number of aromatic hydroxyl groups is 1. The molecule has 4 rings (SSSR count). The van der Waals surface area contributed by atoms with Crippen molar-refractivity contribution in [1.29, 1.82) is 0 Å². The second-order valence-corrected chi connectivity index (χ2v) is 11.4. The summed E-state index contributed by atoms with van der Waals surface area (Å²) < 4.78 is 0. The molecule has 3 aliphatic rings. The minimum Gasteiger partial charge on any atom is -0.507 e. The summed E-state index contributed by atoms with van der Waals surface area (Å²) >= 11 is 0. The van der Waals surface area contributed by atoms with E-state index in [0.717, 1.165) is 66.4 Å². The van der Waals surface area contributed by atoms with Crippen LogP contribution < -0.4 is 0 Å². The zero-order chi connectivity index (χ0) is 26.9. The van der Waals surface area contributed by atoms with E-state index >= 15 is 0 Å². The van der Waals surface area contributed by atoms with Crippen molar-refractivity contribution in [3.8, 4) is 5.75 Å². The molecule has 37 heavy (non-hydrogen) atoms. The van der Waals surface area contributed by atoms with Crippen LogP contribution >= 0.6 is 0 Å². The molecule has 2 amide bonds. The van der Waals surface area contributed by atoms with Gasteiger partial charge in [0.2, 0.25) is 11.8 Å². The Morgan fingerprint density at radius 1 is 1.08 bits per heavy atom. The highest BCUT2D eigenvalue weighted by Crippen LogP contribution is 2.47. The third-order valence-electron chi connectivity index (χ3n) is 8.94. The lowest BCUT2D eigenvalue weighted by molar-refractivity contribution is -0.143. The number of aliphatic hydroxyl groups is 2. The number of benzene rings is 1. The van der Waals surface area contributed by atoms with Crippen LogP contribution in [-0.4, -0.2) is 50.8 Å². The number of nitrogens with zero attached hydrogens (tertiary/aromatic N) is 1. The average molecular weight is 510 g/mol. The van der Waals surface area contributed by atoms with Gasteiger partial charge in [-0.3, -0.25) is 14.5 Å². The van der Waals surface area contributed by atoms with E-state index in [2.05, 4.69) is 13.0 Å². The first-order valence-corrected chi connectivity index (χ1v) is 14.0. The van der Waals surface area contributed by atoms with Gasteiger partial charge in [-0.1, -0.05) is 43.4 Å². The topological polar surface area (TPSA) is 98.1 Å². The molecule has 1 heterocycles. The number of allylic oxidation sites excluding steroid dienone is 2. The van der Waals surface area contributed by atoms with Gasteiger partial charge in [0, 0.05) is 12.0 Å². The van der Waals surface area contributed by atoms with E-state index in [1.807, 2.05) is 32.9 Å². The summed E-state index contributed by atoms with van der Waals surface area (Å²) in [7, 11) is 0. The minimum atomic E-state index is -0.775. The standard InChI is InChI=1S/C31H43NO5/c1-5-21(16-22-13-19(3)29(35)20(4)14-22)11-12-26(34)27-18(2)15-24-28(25(27)17-33)31(37)32(30(24)36)23-9-7-6-8-10-23/h13-14,16,23-26,28,33-35H,5-12,15,17H2,1-4H3/b21-16+/t24-,25+,26-,28-/m1/s1. The third-order valence-corrected chi connectivity index (χ3v) is 8.94. The van der Waals surface area contributed by atoms with E-state index in [9.17, 15) is 24.9 Å². The largest absolute Gasteiger partial charge is 0.507 e. The number of hydrogen-bond donors (Lipinski definition) is 3. The zero-order valence-corrected chi connectivity index (χ0v) is 22.8. The van der Waals surface area contributed by atoms with Crippen molar-refractivity contribution in [2.45, 2.75) is 97.6 Å². The number of phenolic OH excluding ortho intramolecular Hbond substituents is 1. The average Bonchev–Trinajstić information content (AvgIpc) is 3.13. The fourth-order valence-corrected chi connectivity index (χ4v) is 6.98. The van der Waals surface area contributed by atoms with Crippen molar-refractivity contribution in [2.75, 3.05) is 6.61 Å². The number of hydrogen-bond acceptors (Lipinski definition) is 5. The van der Waals surface area contributed by atoms with Crippen LogP contribution in [0.15, 0.2) is 28.9 Å². The molecule has 1 aliphatic heterocycles. The summed E-state index contributed by atoms with van der Waals surface area (Å²) in [5.74, 6) is -1.42. The Bertz CT molecular complexity index is 1070. The Balaban J connectivity index is 1.51. The Morgan fingerprint density at radius 2 is 1.73 bits per heavy atom. The molecule has 202 valence electrons. The molecule has 1 saturated heterocycles. The molecule has 0 radical (unpaired) electrons. The van der Waals surface area contributed by atoms with Crippen LogP contribution in [0.1, 0.15) is 88.3 Å². The minimum absolute atomic E-state index is 0.0169. The summed E-state index contributed by atoms with van der Waals surface area (Å²) in [6.07, 6.45) is 8.80. The molecule has 1 aromatic carbocycles. The molecule has 0 aromatic heterocycles. The first kappa shape index (κ1) is 27.6. The number of aliphatic hydroxyl groups excluding tert-OH is 2. The van der Waals surface area contributed by atoms with Gasteiger partial charge in [0.1, 0.15) is 5.75 Å². The fraction of sp³-hybridized carbons (Fsp3) is 0.613. The van der Waals surface area contributed by atoms with Crippen molar-refractivity contribution in [1.82, 2.24) is 4.90 Å². The van der Waals surface area contributed by atoms with Crippen LogP contribution in [0.2, 0.25) is 0 Å². The lowest BCUT2D eigenvalue weighted by Gasteiger charge is -2.35. The number of rotatable bonds is 8.